The summed E-state index contributed by atoms with van der Waals surface area (Å²) in [5, 5.41) is 14.8. The van der Waals surface area contributed by atoms with Crippen LogP contribution in [0, 0.1) is 10.1 Å². The zero-order valence-electron chi connectivity index (χ0n) is 11.0. The van der Waals surface area contributed by atoms with E-state index in [2.05, 4.69) is 12.2 Å². The van der Waals surface area contributed by atoms with Crippen molar-refractivity contribution in [2.45, 2.75) is 38.5 Å². The van der Waals surface area contributed by atoms with Crippen molar-refractivity contribution in [2.75, 3.05) is 6.61 Å². The molecule has 0 aromatic heterocycles. The predicted octanol–water partition coefficient (Wildman–Crippen LogP) is 2.91. The van der Waals surface area contributed by atoms with Gasteiger partial charge < -0.3 is 10.1 Å². The lowest BCUT2D eigenvalue weighted by Gasteiger charge is -2.29. The summed E-state index contributed by atoms with van der Waals surface area (Å²) < 4.78 is 5.54. The first-order valence-corrected chi connectivity index (χ1v) is 6.60. The average Bonchev–Trinajstić information content (AvgIpc) is 2.68. The normalized spacial score (nSPS) is 26.6. The van der Waals surface area contributed by atoms with Crippen molar-refractivity contribution in [2.24, 2.45) is 0 Å². The van der Waals surface area contributed by atoms with E-state index < -0.39 is 4.92 Å². The lowest BCUT2D eigenvalue weighted by atomic mass is 9.94. The van der Waals surface area contributed by atoms with E-state index in [4.69, 9.17) is 16.3 Å². The van der Waals surface area contributed by atoms with Gasteiger partial charge in [-0.2, -0.15) is 0 Å². The number of hydrogen-bond acceptors (Lipinski definition) is 4. The highest BCUT2D eigenvalue weighted by Gasteiger charge is 2.36. The van der Waals surface area contributed by atoms with Crippen LogP contribution < -0.4 is 5.32 Å². The van der Waals surface area contributed by atoms with Gasteiger partial charge in [0.2, 0.25) is 0 Å². The van der Waals surface area contributed by atoms with E-state index in [1.807, 2.05) is 6.92 Å². The topological polar surface area (TPSA) is 64.4 Å². The molecule has 0 amide bonds. The molecule has 1 N–H and O–H groups in total. The minimum Gasteiger partial charge on any atom is -0.377 e. The second-order valence-electron chi connectivity index (χ2n) is 5.03. The monoisotopic (exact) mass is 284 g/mol. The van der Waals surface area contributed by atoms with Crippen LogP contribution in [0.3, 0.4) is 0 Å². The number of halogens is 1. The highest BCUT2D eigenvalue weighted by atomic mass is 35.5. The Hall–Kier alpha value is -1.17. The van der Waals surface area contributed by atoms with Crippen molar-refractivity contribution >= 4 is 17.3 Å². The molecule has 1 fully saturated rings. The molecular weight excluding hydrogens is 268 g/mol. The van der Waals surface area contributed by atoms with Crippen LogP contribution >= 0.6 is 11.6 Å². The zero-order valence-corrected chi connectivity index (χ0v) is 11.7. The zero-order chi connectivity index (χ0) is 14.0. The molecule has 1 aliphatic rings. The summed E-state index contributed by atoms with van der Waals surface area (Å²) in [6.07, 6.45) is 0.959. The fourth-order valence-corrected chi connectivity index (χ4v) is 2.49. The maximum atomic E-state index is 11.0. The van der Waals surface area contributed by atoms with Crippen LogP contribution in [0.25, 0.3) is 0 Å². The summed E-state index contributed by atoms with van der Waals surface area (Å²) in [6.45, 7) is 5.13. The Morgan fingerprint density at radius 2 is 2.37 bits per heavy atom. The van der Waals surface area contributed by atoms with E-state index in [1.54, 1.807) is 12.1 Å². The summed E-state index contributed by atoms with van der Waals surface area (Å²) in [5.74, 6) is 0. The van der Waals surface area contributed by atoms with E-state index in [0.717, 1.165) is 6.42 Å². The summed E-state index contributed by atoms with van der Waals surface area (Å²) in [6, 6.07) is 4.73. The standard InChI is InChI=1S/C13H17ClN2O3/c1-9-13(2,6-7-19-9)15-8-10-11(14)4-3-5-12(10)16(17)18/h3-5,9,15H,6-8H2,1-2H3. The molecule has 2 rings (SSSR count). The molecule has 1 aromatic carbocycles. The molecule has 0 bridgehead atoms. The molecule has 2 unspecified atom stereocenters. The van der Waals surface area contributed by atoms with E-state index >= 15 is 0 Å². The Morgan fingerprint density at radius 1 is 1.63 bits per heavy atom. The van der Waals surface area contributed by atoms with Crippen molar-refractivity contribution in [1.29, 1.82) is 0 Å². The Labute approximate surface area is 117 Å². The summed E-state index contributed by atoms with van der Waals surface area (Å²) in [5.41, 5.74) is 0.400. The van der Waals surface area contributed by atoms with Crippen LogP contribution in [0.5, 0.6) is 0 Å². The van der Waals surface area contributed by atoms with Crippen LogP contribution in [0.1, 0.15) is 25.8 Å². The predicted molar refractivity (Wildman–Crippen MR) is 73.4 cm³/mol. The van der Waals surface area contributed by atoms with Gasteiger partial charge in [0.15, 0.2) is 0 Å². The molecular formula is C13H17ClN2O3. The number of rotatable bonds is 4. The number of nitro benzene ring substituents is 1. The van der Waals surface area contributed by atoms with Gasteiger partial charge in [0, 0.05) is 24.8 Å². The number of nitro groups is 1. The van der Waals surface area contributed by atoms with Crippen LogP contribution in [0.15, 0.2) is 18.2 Å². The average molecular weight is 285 g/mol. The van der Waals surface area contributed by atoms with Gasteiger partial charge in [0.05, 0.1) is 21.6 Å². The van der Waals surface area contributed by atoms with E-state index in [1.165, 1.54) is 6.07 Å². The summed E-state index contributed by atoms with van der Waals surface area (Å²) in [4.78, 5) is 10.6. The van der Waals surface area contributed by atoms with Gasteiger partial charge in [-0.05, 0) is 26.3 Å². The molecule has 0 saturated carbocycles. The third kappa shape index (κ3) is 2.88. The van der Waals surface area contributed by atoms with Gasteiger partial charge in [-0.15, -0.1) is 0 Å². The lowest BCUT2D eigenvalue weighted by molar-refractivity contribution is -0.385. The Balaban J connectivity index is 2.18. The first kappa shape index (κ1) is 14.2. The highest BCUT2D eigenvalue weighted by molar-refractivity contribution is 6.31. The van der Waals surface area contributed by atoms with Crippen LogP contribution in [-0.2, 0) is 11.3 Å². The molecule has 104 valence electrons. The molecule has 1 aliphatic heterocycles. The van der Waals surface area contributed by atoms with E-state index in [-0.39, 0.29) is 17.3 Å². The molecule has 19 heavy (non-hydrogen) atoms. The molecule has 0 aliphatic carbocycles. The fraction of sp³-hybridized carbons (Fsp3) is 0.538. The Kier molecular flexibility index (Phi) is 4.08. The summed E-state index contributed by atoms with van der Waals surface area (Å²) in [7, 11) is 0. The fourth-order valence-electron chi connectivity index (χ4n) is 2.25. The molecule has 5 nitrogen and oxygen atoms in total. The van der Waals surface area contributed by atoms with Gasteiger partial charge in [-0.3, -0.25) is 10.1 Å². The van der Waals surface area contributed by atoms with E-state index in [9.17, 15) is 10.1 Å². The summed E-state index contributed by atoms with van der Waals surface area (Å²) >= 11 is 6.07. The quantitative estimate of drug-likeness (QED) is 0.682. The third-order valence-electron chi connectivity index (χ3n) is 3.85. The van der Waals surface area contributed by atoms with Gasteiger partial charge >= 0.3 is 0 Å². The van der Waals surface area contributed by atoms with Crippen molar-refractivity contribution in [3.63, 3.8) is 0 Å². The lowest BCUT2D eigenvalue weighted by Crippen LogP contribution is -2.47. The molecule has 0 radical (unpaired) electrons. The second kappa shape index (κ2) is 5.45. The number of nitrogens with zero attached hydrogens (tertiary/aromatic N) is 1. The highest BCUT2D eigenvalue weighted by Crippen LogP contribution is 2.29. The molecule has 2 atom stereocenters. The van der Waals surface area contributed by atoms with Crippen LogP contribution in [0.2, 0.25) is 5.02 Å². The first-order valence-electron chi connectivity index (χ1n) is 6.22. The molecule has 0 spiro atoms. The Bertz CT molecular complexity index is 495. The van der Waals surface area contributed by atoms with Gasteiger partial charge in [0.25, 0.3) is 5.69 Å². The van der Waals surface area contributed by atoms with Crippen molar-refractivity contribution in [1.82, 2.24) is 5.32 Å². The molecule has 6 heteroatoms. The smallest absolute Gasteiger partial charge is 0.275 e. The maximum Gasteiger partial charge on any atom is 0.275 e. The number of ether oxygens (including phenoxy) is 1. The first-order chi connectivity index (χ1) is 8.94. The second-order valence-corrected chi connectivity index (χ2v) is 5.44. The Morgan fingerprint density at radius 3 is 2.95 bits per heavy atom. The minimum absolute atomic E-state index is 0.0511. The number of hydrogen-bond donors (Lipinski definition) is 1. The van der Waals surface area contributed by atoms with Gasteiger partial charge in [0.1, 0.15) is 0 Å². The third-order valence-corrected chi connectivity index (χ3v) is 4.20. The minimum atomic E-state index is -0.403. The maximum absolute atomic E-state index is 11.0. The van der Waals surface area contributed by atoms with Gasteiger partial charge in [-0.25, -0.2) is 0 Å². The number of benzene rings is 1. The van der Waals surface area contributed by atoms with Crippen molar-refractivity contribution in [3.8, 4) is 0 Å². The molecule has 1 saturated heterocycles. The van der Waals surface area contributed by atoms with Crippen LogP contribution in [-0.4, -0.2) is 23.2 Å². The van der Waals surface area contributed by atoms with Crippen LogP contribution in [0.4, 0.5) is 5.69 Å². The molecule has 1 aromatic rings. The van der Waals surface area contributed by atoms with E-state index in [0.29, 0.717) is 23.7 Å². The van der Waals surface area contributed by atoms with Gasteiger partial charge in [-0.1, -0.05) is 17.7 Å². The van der Waals surface area contributed by atoms with Crippen molar-refractivity contribution in [3.05, 3.63) is 38.9 Å². The number of nitrogens with one attached hydrogen (secondary N) is 1. The largest absolute Gasteiger partial charge is 0.377 e. The molecule has 1 heterocycles. The SMILES string of the molecule is CC1OCCC1(C)NCc1c(Cl)cccc1[N+](=O)[O-]. The van der Waals surface area contributed by atoms with Crippen molar-refractivity contribution < 1.29 is 9.66 Å².